The van der Waals surface area contributed by atoms with E-state index < -0.39 is 0 Å². The SMILES string of the molecule is CN(CCC(N)=S)C(=O)CCn1cnccc1=O. The number of amides is 1. The van der Waals surface area contributed by atoms with E-state index in [1.54, 1.807) is 11.9 Å². The molecule has 0 aliphatic carbocycles. The van der Waals surface area contributed by atoms with Crippen LogP contribution in [-0.4, -0.2) is 38.9 Å². The number of nitrogens with two attached hydrogens (primary N) is 1. The van der Waals surface area contributed by atoms with Crippen LogP contribution >= 0.6 is 12.2 Å². The van der Waals surface area contributed by atoms with Crippen molar-refractivity contribution >= 4 is 23.1 Å². The number of carbonyl (C=O) groups is 1. The lowest BCUT2D eigenvalue weighted by Gasteiger charge is -2.16. The summed E-state index contributed by atoms with van der Waals surface area (Å²) in [6, 6.07) is 1.36. The minimum absolute atomic E-state index is 0.0537. The molecule has 1 aromatic heterocycles. The van der Waals surface area contributed by atoms with Gasteiger partial charge in [-0.3, -0.25) is 14.2 Å². The van der Waals surface area contributed by atoms with E-state index in [0.29, 0.717) is 24.5 Å². The lowest BCUT2D eigenvalue weighted by molar-refractivity contribution is -0.130. The van der Waals surface area contributed by atoms with Gasteiger partial charge in [0.25, 0.3) is 5.56 Å². The van der Waals surface area contributed by atoms with Gasteiger partial charge < -0.3 is 10.6 Å². The molecular weight excluding hydrogens is 252 g/mol. The Labute approximate surface area is 110 Å². The maximum absolute atomic E-state index is 11.7. The van der Waals surface area contributed by atoms with Crippen LogP contribution < -0.4 is 11.3 Å². The largest absolute Gasteiger partial charge is 0.393 e. The summed E-state index contributed by atoms with van der Waals surface area (Å²) >= 11 is 4.74. The Balaban J connectivity index is 2.44. The normalized spacial score (nSPS) is 10.1. The van der Waals surface area contributed by atoms with E-state index in [1.807, 2.05) is 0 Å². The van der Waals surface area contributed by atoms with Gasteiger partial charge in [0.05, 0.1) is 11.3 Å². The van der Waals surface area contributed by atoms with Gasteiger partial charge >= 0.3 is 0 Å². The standard InChI is InChI=1S/C11H16N4O2S/c1-14(6-3-9(12)18)10(16)4-7-15-8-13-5-2-11(15)17/h2,5,8H,3-4,6-7H2,1H3,(H2,12,18). The molecule has 1 amide bonds. The summed E-state index contributed by atoms with van der Waals surface area (Å²) in [7, 11) is 1.69. The number of aryl methyl sites for hydroxylation is 1. The highest BCUT2D eigenvalue weighted by molar-refractivity contribution is 7.80. The topological polar surface area (TPSA) is 81.2 Å². The summed E-state index contributed by atoms with van der Waals surface area (Å²) in [6.07, 6.45) is 3.60. The van der Waals surface area contributed by atoms with Crippen LogP contribution in [0.25, 0.3) is 0 Å². The number of hydrogen-bond acceptors (Lipinski definition) is 4. The van der Waals surface area contributed by atoms with Gasteiger partial charge in [-0.2, -0.15) is 0 Å². The first kappa shape index (κ1) is 14.3. The molecule has 1 heterocycles. The average Bonchev–Trinajstić information content (AvgIpc) is 2.34. The smallest absolute Gasteiger partial charge is 0.253 e. The Morgan fingerprint density at radius 1 is 1.56 bits per heavy atom. The van der Waals surface area contributed by atoms with E-state index in [4.69, 9.17) is 18.0 Å². The molecule has 0 spiro atoms. The Hall–Kier alpha value is -1.76. The highest BCUT2D eigenvalue weighted by atomic mass is 32.1. The highest BCUT2D eigenvalue weighted by Crippen LogP contribution is 1.95. The zero-order chi connectivity index (χ0) is 13.5. The Bertz CT molecular complexity index is 486. The third-order valence-corrected chi connectivity index (χ3v) is 2.68. The van der Waals surface area contributed by atoms with Crippen LogP contribution in [0.1, 0.15) is 12.8 Å². The summed E-state index contributed by atoms with van der Waals surface area (Å²) < 4.78 is 1.40. The van der Waals surface area contributed by atoms with Crippen molar-refractivity contribution in [2.45, 2.75) is 19.4 Å². The summed E-state index contributed by atoms with van der Waals surface area (Å²) in [5.41, 5.74) is 5.20. The van der Waals surface area contributed by atoms with E-state index in [2.05, 4.69) is 4.98 Å². The third kappa shape index (κ3) is 4.62. The lowest BCUT2D eigenvalue weighted by atomic mass is 10.3. The molecule has 98 valence electrons. The van der Waals surface area contributed by atoms with E-state index in [9.17, 15) is 9.59 Å². The fourth-order valence-electron chi connectivity index (χ4n) is 1.36. The summed E-state index contributed by atoms with van der Waals surface area (Å²) in [6.45, 7) is 0.818. The maximum atomic E-state index is 11.7. The zero-order valence-electron chi connectivity index (χ0n) is 10.2. The number of hydrogen-bond donors (Lipinski definition) is 1. The Morgan fingerprint density at radius 3 is 2.89 bits per heavy atom. The Kier molecular flexibility index (Phi) is 5.44. The first-order chi connectivity index (χ1) is 8.50. The first-order valence-electron chi connectivity index (χ1n) is 5.53. The molecule has 0 unspecified atom stereocenters. The molecule has 0 aliphatic heterocycles. The van der Waals surface area contributed by atoms with Gasteiger partial charge in [0, 0.05) is 45.2 Å². The van der Waals surface area contributed by atoms with E-state index in [0.717, 1.165) is 0 Å². The highest BCUT2D eigenvalue weighted by Gasteiger charge is 2.09. The molecule has 0 saturated heterocycles. The van der Waals surface area contributed by atoms with Crippen LogP contribution in [0.5, 0.6) is 0 Å². The molecule has 7 heteroatoms. The number of rotatable bonds is 6. The Morgan fingerprint density at radius 2 is 2.28 bits per heavy atom. The van der Waals surface area contributed by atoms with Gasteiger partial charge in [-0.25, -0.2) is 4.98 Å². The van der Waals surface area contributed by atoms with Crippen molar-refractivity contribution in [2.24, 2.45) is 5.73 Å². The lowest BCUT2D eigenvalue weighted by Crippen LogP contribution is -2.31. The van der Waals surface area contributed by atoms with Crippen molar-refractivity contribution in [1.82, 2.24) is 14.5 Å². The molecule has 0 saturated carbocycles. The van der Waals surface area contributed by atoms with Crippen molar-refractivity contribution in [3.63, 3.8) is 0 Å². The molecule has 1 aromatic rings. The van der Waals surface area contributed by atoms with E-state index >= 15 is 0 Å². The number of thiocarbonyl (C=S) groups is 1. The van der Waals surface area contributed by atoms with Crippen LogP contribution in [0.4, 0.5) is 0 Å². The molecular formula is C11H16N4O2S. The predicted molar refractivity (Wildman–Crippen MR) is 72.2 cm³/mol. The number of carbonyl (C=O) groups excluding carboxylic acids is 1. The fourth-order valence-corrected chi connectivity index (χ4v) is 1.45. The third-order valence-electron chi connectivity index (χ3n) is 2.48. The van der Waals surface area contributed by atoms with Crippen molar-refractivity contribution in [2.75, 3.05) is 13.6 Å². The van der Waals surface area contributed by atoms with Gasteiger partial charge in [0.15, 0.2) is 0 Å². The second-order valence-electron chi connectivity index (χ2n) is 3.89. The van der Waals surface area contributed by atoms with Crippen LogP contribution in [0, 0.1) is 0 Å². The van der Waals surface area contributed by atoms with Gasteiger partial charge in [0.2, 0.25) is 5.91 Å². The molecule has 0 aliphatic rings. The first-order valence-corrected chi connectivity index (χ1v) is 5.94. The van der Waals surface area contributed by atoms with Gasteiger partial charge in [-0.05, 0) is 0 Å². The van der Waals surface area contributed by atoms with E-state index in [-0.39, 0.29) is 17.9 Å². The average molecular weight is 268 g/mol. The molecule has 0 fully saturated rings. The van der Waals surface area contributed by atoms with Gasteiger partial charge in [0.1, 0.15) is 0 Å². The molecule has 0 radical (unpaired) electrons. The molecule has 0 aromatic carbocycles. The van der Waals surface area contributed by atoms with Crippen LogP contribution in [-0.2, 0) is 11.3 Å². The molecule has 6 nitrogen and oxygen atoms in total. The predicted octanol–water partition coefficient (Wildman–Crippen LogP) is -0.232. The summed E-state index contributed by atoms with van der Waals surface area (Å²) in [5.74, 6) is -0.0537. The van der Waals surface area contributed by atoms with Crippen molar-refractivity contribution in [3.8, 4) is 0 Å². The van der Waals surface area contributed by atoms with Gasteiger partial charge in [-0.1, -0.05) is 12.2 Å². The molecule has 0 atom stereocenters. The fraction of sp³-hybridized carbons (Fsp3) is 0.455. The minimum Gasteiger partial charge on any atom is -0.393 e. The molecule has 1 rings (SSSR count). The number of nitrogens with zero attached hydrogens (tertiary/aromatic N) is 3. The zero-order valence-corrected chi connectivity index (χ0v) is 11.0. The van der Waals surface area contributed by atoms with Crippen LogP contribution in [0.15, 0.2) is 23.4 Å². The van der Waals surface area contributed by atoms with Crippen molar-refractivity contribution < 1.29 is 4.79 Å². The second-order valence-corrected chi connectivity index (χ2v) is 4.42. The molecule has 0 bridgehead atoms. The number of aromatic nitrogens is 2. The van der Waals surface area contributed by atoms with Crippen LogP contribution in [0.3, 0.4) is 0 Å². The monoisotopic (exact) mass is 268 g/mol. The van der Waals surface area contributed by atoms with Gasteiger partial charge in [-0.15, -0.1) is 0 Å². The molecule has 2 N–H and O–H groups in total. The van der Waals surface area contributed by atoms with E-state index in [1.165, 1.54) is 23.2 Å². The quantitative estimate of drug-likeness (QED) is 0.721. The minimum atomic E-state index is -0.163. The van der Waals surface area contributed by atoms with Crippen molar-refractivity contribution in [1.29, 1.82) is 0 Å². The summed E-state index contributed by atoms with van der Waals surface area (Å²) in [5, 5.41) is 0. The van der Waals surface area contributed by atoms with Crippen LogP contribution in [0.2, 0.25) is 0 Å². The second kappa shape index (κ2) is 6.85. The maximum Gasteiger partial charge on any atom is 0.253 e. The van der Waals surface area contributed by atoms with Crippen molar-refractivity contribution in [3.05, 3.63) is 28.9 Å². The molecule has 18 heavy (non-hydrogen) atoms. The summed E-state index contributed by atoms with van der Waals surface area (Å²) in [4.78, 5) is 28.9.